The van der Waals surface area contributed by atoms with E-state index in [9.17, 15) is 0 Å². The molecule has 2 atom stereocenters. The summed E-state index contributed by atoms with van der Waals surface area (Å²) in [4.78, 5) is 0. The van der Waals surface area contributed by atoms with Crippen LogP contribution in [0.5, 0.6) is 0 Å². The summed E-state index contributed by atoms with van der Waals surface area (Å²) in [6.45, 7) is 4.41. The maximum absolute atomic E-state index is 6.21. The fourth-order valence-electron chi connectivity index (χ4n) is 3.39. The molecule has 2 unspecified atom stereocenters. The predicted molar refractivity (Wildman–Crippen MR) is 86.4 cm³/mol. The fraction of sp³-hybridized carbons (Fsp3) is 0.529. The minimum absolute atomic E-state index is 0.712. The Kier molecular flexibility index (Phi) is 4.32. The number of halogens is 1. The topological polar surface area (TPSA) is 17.0 Å². The zero-order chi connectivity index (χ0) is 13.9. The van der Waals surface area contributed by atoms with Crippen molar-refractivity contribution in [3.8, 4) is 0 Å². The average Bonchev–Trinajstić information content (AvgIpc) is 2.84. The number of aromatic nitrogens is 1. The van der Waals surface area contributed by atoms with Crippen LogP contribution in [0.2, 0.25) is 5.02 Å². The Morgan fingerprint density at radius 2 is 2.20 bits per heavy atom. The first-order valence-electron chi connectivity index (χ1n) is 7.71. The molecule has 108 valence electrons. The van der Waals surface area contributed by atoms with Crippen molar-refractivity contribution in [3.63, 3.8) is 0 Å². The molecule has 2 nitrogen and oxygen atoms in total. The highest BCUT2D eigenvalue weighted by molar-refractivity contribution is 6.35. The van der Waals surface area contributed by atoms with Gasteiger partial charge in [0.25, 0.3) is 0 Å². The maximum atomic E-state index is 6.21. The second-order valence-electron chi connectivity index (χ2n) is 6.10. The molecule has 1 heterocycles. The summed E-state index contributed by atoms with van der Waals surface area (Å²) in [5, 5.41) is 5.71. The van der Waals surface area contributed by atoms with Gasteiger partial charge in [-0.05, 0) is 37.0 Å². The molecule has 1 saturated carbocycles. The molecular formula is C17H23ClN2. The van der Waals surface area contributed by atoms with Crippen LogP contribution in [0, 0.1) is 5.92 Å². The third-order valence-electron chi connectivity index (χ3n) is 4.48. The summed E-state index contributed by atoms with van der Waals surface area (Å²) in [5.41, 5.74) is 1.23. The van der Waals surface area contributed by atoms with Gasteiger partial charge in [-0.1, -0.05) is 37.4 Å². The highest BCUT2D eigenvalue weighted by atomic mass is 35.5. The number of nitrogens with one attached hydrogen (secondary N) is 1. The molecule has 0 saturated heterocycles. The standard InChI is InChI=1S/C17H23ClN2/c1-13-4-2-5-14(12-13)19-9-11-20-10-8-15-16(18)6-3-7-17(15)20/h3,6-8,10,13-14,19H,2,4-5,9,11-12H2,1H3. The van der Waals surface area contributed by atoms with Gasteiger partial charge in [-0.15, -0.1) is 0 Å². The van der Waals surface area contributed by atoms with E-state index in [0.29, 0.717) is 6.04 Å². The Morgan fingerprint density at radius 3 is 3.05 bits per heavy atom. The molecular weight excluding hydrogens is 268 g/mol. The molecule has 1 fully saturated rings. The summed E-state index contributed by atoms with van der Waals surface area (Å²) >= 11 is 6.21. The molecule has 3 heteroatoms. The van der Waals surface area contributed by atoms with Gasteiger partial charge < -0.3 is 9.88 Å². The van der Waals surface area contributed by atoms with Gasteiger partial charge >= 0.3 is 0 Å². The second-order valence-corrected chi connectivity index (χ2v) is 6.51. The van der Waals surface area contributed by atoms with Crippen molar-refractivity contribution < 1.29 is 0 Å². The molecule has 0 radical (unpaired) electrons. The van der Waals surface area contributed by atoms with Crippen molar-refractivity contribution in [3.05, 3.63) is 35.5 Å². The summed E-state index contributed by atoms with van der Waals surface area (Å²) in [6, 6.07) is 8.95. The van der Waals surface area contributed by atoms with Gasteiger partial charge in [-0.25, -0.2) is 0 Å². The monoisotopic (exact) mass is 290 g/mol. The Balaban J connectivity index is 1.59. The van der Waals surface area contributed by atoms with Crippen LogP contribution < -0.4 is 5.32 Å². The Bertz CT molecular complexity index is 575. The van der Waals surface area contributed by atoms with E-state index in [0.717, 1.165) is 29.4 Å². The van der Waals surface area contributed by atoms with Crippen LogP contribution in [0.3, 0.4) is 0 Å². The molecule has 1 aliphatic carbocycles. The molecule has 1 aliphatic rings. The van der Waals surface area contributed by atoms with Gasteiger partial charge in [0.2, 0.25) is 0 Å². The summed E-state index contributed by atoms with van der Waals surface area (Å²) in [7, 11) is 0. The zero-order valence-corrected chi connectivity index (χ0v) is 12.9. The van der Waals surface area contributed by atoms with Crippen LogP contribution in [0.1, 0.15) is 32.6 Å². The normalized spacial score (nSPS) is 23.3. The van der Waals surface area contributed by atoms with Crippen LogP contribution >= 0.6 is 11.6 Å². The molecule has 1 aromatic carbocycles. The van der Waals surface area contributed by atoms with E-state index in [4.69, 9.17) is 11.6 Å². The Hall–Kier alpha value is -0.990. The predicted octanol–water partition coefficient (Wildman–Crippen LogP) is 4.46. The number of nitrogens with zero attached hydrogens (tertiary/aromatic N) is 1. The molecule has 0 amide bonds. The first-order valence-corrected chi connectivity index (χ1v) is 8.08. The minimum Gasteiger partial charge on any atom is -0.346 e. The molecule has 3 rings (SSSR count). The number of rotatable bonds is 4. The highest BCUT2D eigenvalue weighted by Crippen LogP contribution is 2.25. The number of hydrogen-bond donors (Lipinski definition) is 1. The van der Waals surface area contributed by atoms with E-state index in [1.54, 1.807) is 0 Å². The van der Waals surface area contributed by atoms with E-state index in [-0.39, 0.29) is 0 Å². The van der Waals surface area contributed by atoms with Gasteiger partial charge in [0.05, 0.1) is 0 Å². The lowest BCUT2D eigenvalue weighted by Gasteiger charge is -2.27. The molecule has 0 bridgehead atoms. The molecule has 2 aromatic rings. The average molecular weight is 291 g/mol. The van der Waals surface area contributed by atoms with E-state index >= 15 is 0 Å². The lowest BCUT2D eigenvalue weighted by Crippen LogP contribution is -2.35. The smallest absolute Gasteiger partial charge is 0.0499 e. The summed E-state index contributed by atoms with van der Waals surface area (Å²) in [5.74, 6) is 0.882. The highest BCUT2D eigenvalue weighted by Gasteiger charge is 2.17. The minimum atomic E-state index is 0.712. The number of hydrogen-bond acceptors (Lipinski definition) is 1. The maximum Gasteiger partial charge on any atom is 0.0499 e. The Morgan fingerprint density at radius 1 is 1.30 bits per heavy atom. The van der Waals surface area contributed by atoms with E-state index in [2.05, 4.69) is 35.1 Å². The lowest BCUT2D eigenvalue weighted by molar-refractivity contribution is 0.299. The van der Waals surface area contributed by atoms with E-state index < -0.39 is 0 Å². The number of fused-ring (bicyclic) bond motifs is 1. The van der Waals surface area contributed by atoms with E-state index in [1.165, 1.54) is 31.2 Å². The molecule has 0 spiro atoms. The van der Waals surface area contributed by atoms with Gasteiger partial charge in [0.1, 0.15) is 0 Å². The van der Waals surface area contributed by atoms with Crippen molar-refractivity contribution in [2.75, 3.05) is 6.54 Å². The molecule has 1 N–H and O–H groups in total. The first kappa shape index (κ1) is 14.0. The third-order valence-corrected chi connectivity index (χ3v) is 4.81. The van der Waals surface area contributed by atoms with Crippen molar-refractivity contribution >= 4 is 22.5 Å². The second kappa shape index (κ2) is 6.19. The van der Waals surface area contributed by atoms with Crippen molar-refractivity contribution in [2.24, 2.45) is 5.92 Å². The van der Waals surface area contributed by atoms with Crippen LogP contribution in [0.4, 0.5) is 0 Å². The van der Waals surface area contributed by atoms with Crippen LogP contribution in [0.15, 0.2) is 30.5 Å². The lowest BCUT2D eigenvalue weighted by atomic mass is 9.87. The quantitative estimate of drug-likeness (QED) is 0.879. The van der Waals surface area contributed by atoms with Crippen LogP contribution in [-0.2, 0) is 6.54 Å². The summed E-state index contributed by atoms with van der Waals surface area (Å²) in [6.07, 6.45) is 7.59. The third kappa shape index (κ3) is 3.02. The zero-order valence-electron chi connectivity index (χ0n) is 12.1. The summed E-state index contributed by atoms with van der Waals surface area (Å²) < 4.78 is 2.29. The van der Waals surface area contributed by atoms with Gasteiger partial charge in [0.15, 0.2) is 0 Å². The van der Waals surface area contributed by atoms with Crippen LogP contribution in [-0.4, -0.2) is 17.2 Å². The van der Waals surface area contributed by atoms with Gasteiger partial charge in [-0.3, -0.25) is 0 Å². The molecule has 20 heavy (non-hydrogen) atoms. The van der Waals surface area contributed by atoms with Gasteiger partial charge in [-0.2, -0.15) is 0 Å². The van der Waals surface area contributed by atoms with Crippen molar-refractivity contribution in [1.82, 2.24) is 9.88 Å². The van der Waals surface area contributed by atoms with Crippen LogP contribution in [0.25, 0.3) is 10.9 Å². The largest absolute Gasteiger partial charge is 0.346 e. The first-order chi connectivity index (χ1) is 9.74. The fourth-order valence-corrected chi connectivity index (χ4v) is 3.62. The SMILES string of the molecule is CC1CCCC(NCCn2ccc3c(Cl)cccc32)C1. The molecule has 1 aromatic heterocycles. The Labute approximate surface area is 126 Å². The van der Waals surface area contributed by atoms with Crippen molar-refractivity contribution in [1.29, 1.82) is 0 Å². The van der Waals surface area contributed by atoms with E-state index in [1.807, 2.05) is 12.1 Å². The molecule has 0 aliphatic heterocycles. The van der Waals surface area contributed by atoms with Crippen molar-refractivity contribution in [2.45, 2.75) is 45.2 Å². The van der Waals surface area contributed by atoms with Gasteiger partial charge in [0, 0.05) is 41.3 Å². The number of benzene rings is 1.